The van der Waals surface area contributed by atoms with Crippen molar-refractivity contribution in [3.63, 3.8) is 0 Å². The van der Waals surface area contributed by atoms with Gasteiger partial charge < -0.3 is 15.1 Å². The fraction of sp³-hybridized carbons (Fsp3) is 0.350. The number of benzene rings is 1. The Morgan fingerprint density at radius 1 is 1.11 bits per heavy atom. The summed E-state index contributed by atoms with van der Waals surface area (Å²) in [4.78, 5) is 32.5. The molecular weight excluding hydrogens is 364 g/mol. The molecule has 0 atom stereocenters. The maximum absolute atomic E-state index is 12.7. The van der Waals surface area contributed by atoms with Gasteiger partial charge in [-0.2, -0.15) is 0 Å². The number of anilines is 2. The second-order valence-corrected chi connectivity index (χ2v) is 7.20. The maximum Gasteiger partial charge on any atom is 0.255 e. The Hall–Kier alpha value is -2.60. The fourth-order valence-electron chi connectivity index (χ4n) is 3.24. The number of pyridine rings is 1. The largest absolute Gasteiger partial charge is 0.353 e. The van der Waals surface area contributed by atoms with Crippen LogP contribution in [0.2, 0.25) is 5.02 Å². The highest BCUT2D eigenvalue weighted by Crippen LogP contribution is 2.28. The highest BCUT2D eigenvalue weighted by molar-refractivity contribution is 6.34. The highest BCUT2D eigenvalue weighted by Gasteiger charge is 2.20. The number of nitrogens with one attached hydrogen (secondary N) is 1. The number of carbonyl (C=O) groups excluding carboxylic acids is 2. The van der Waals surface area contributed by atoms with E-state index >= 15 is 0 Å². The van der Waals surface area contributed by atoms with Crippen molar-refractivity contribution in [3.8, 4) is 0 Å². The molecule has 2 heterocycles. The Morgan fingerprint density at radius 3 is 2.44 bits per heavy atom. The van der Waals surface area contributed by atoms with E-state index in [0.717, 1.165) is 16.9 Å². The molecule has 0 spiro atoms. The van der Waals surface area contributed by atoms with Gasteiger partial charge in [-0.1, -0.05) is 17.7 Å². The third-order valence-corrected chi connectivity index (χ3v) is 5.03. The molecule has 1 fully saturated rings. The molecule has 7 heteroatoms. The molecule has 142 valence electrons. The van der Waals surface area contributed by atoms with Crippen LogP contribution in [0.15, 0.2) is 30.5 Å². The predicted molar refractivity (Wildman–Crippen MR) is 108 cm³/mol. The van der Waals surface area contributed by atoms with Gasteiger partial charge >= 0.3 is 0 Å². The summed E-state index contributed by atoms with van der Waals surface area (Å²) in [5.41, 5.74) is 3.11. The summed E-state index contributed by atoms with van der Waals surface area (Å²) < 4.78 is 0. The van der Waals surface area contributed by atoms with E-state index in [9.17, 15) is 9.59 Å². The highest BCUT2D eigenvalue weighted by atomic mass is 35.5. The standard InChI is InChI=1S/C20H23ClN4O2/c1-13-10-14(2)19(17(21)11-13)23-20(27)16-4-5-22-18(12-16)25-8-6-24(7-9-25)15(3)26/h4-5,10-12H,6-9H2,1-3H3,(H,23,27). The van der Waals surface area contributed by atoms with Gasteiger partial charge in [0.1, 0.15) is 5.82 Å². The molecule has 27 heavy (non-hydrogen) atoms. The van der Waals surface area contributed by atoms with E-state index in [0.29, 0.717) is 42.5 Å². The second kappa shape index (κ2) is 7.96. The third kappa shape index (κ3) is 4.39. The minimum Gasteiger partial charge on any atom is -0.353 e. The van der Waals surface area contributed by atoms with Gasteiger partial charge in [-0.3, -0.25) is 9.59 Å². The molecule has 1 aromatic carbocycles. The molecular formula is C20H23ClN4O2. The molecule has 0 radical (unpaired) electrons. The summed E-state index contributed by atoms with van der Waals surface area (Å²) in [6.07, 6.45) is 1.63. The monoisotopic (exact) mass is 386 g/mol. The Morgan fingerprint density at radius 2 is 1.81 bits per heavy atom. The molecule has 1 saturated heterocycles. The van der Waals surface area contributed by atoms with Gasteiger partial charge in [0.15, 0.2) is 0 Å². The molecule has 0 aliphatic carbocycles. The van der Waals surface area contributed by atoms with Crippen molar-refractivity contribution in [2.75, 3.05) is 36.4 Å². The van der Waals surface area contributed by atoms with Gasteiger partial charge in [0, 0.05) is 44.9 Å². The van der Waals surface area contributed by atoms with E-state index in [1.54, 1.807) is 25.3 Å². The lowest BCUT2D eigenvalue weighted by Crippen LogP contribution is -2.48. The summed E-state index contributed by atoms with van der Waals surface area (Å²) in [6.45, 7) is 8.17. The zero-order valence-electron chi connectivity index (χ0n) is 15.8. The average molecular weight is 387 g/mol. The van der Waals surface area contributed by atoms with E-state index in [1.807, 2.05) is 30.9 Å². The predicted octanol–water partition coefficient (Wildman–Crippen LogP) is 3.27. The van der Waals surface area contributed by atoms with Crippen molar-refractivity contribution in [1.82, 2.24) is 9.88 Å². The molecule has 3 rings (SSSR count). The number of hydrogen-bond donors (Lipinski definition) is 1. The van der Waals surface area contributed by atoms with Crippen LogP contribution < -0.4 is 10.2 Å². The van der Waals surface area contributed by atoms with Crippen LogP contribution in [0.25, 0.3) is 0 Å². The number of rotatable bonds is 3. The molecule has 0 bridgehead atoms. The molecule has 1 aliphatic rings. The van der Waals surface area contributed by atoms with Crippen molar-refractivity contribution >= 4 is 34.9 Å². The van der Waals surface area contributed by atoms with Crippen molar-refractivity contribution < 1.29 is 9.59 Å². The Balaban J connectivity index is 1.74. The van der Waals surface area contributed by atoms with Crippen LogP contribution in [-0.2, 0) is 4.79 Å². The van der Waals surface area contributed by atoms with Crippen molar-refractivity contribution in [2.24, 2.45) is 0 Å². The number of halogens is 1. The van der Waals surface area contributed by atoms with Crippen molar-refractivity contribution in [2.45, 2.75) is 20.8 Å². The van der Waals surface area contributed by atoms with E-state index in [1.165, 1.54) is 0 Å². The second-order valence-electron chi connectivity index (χ2n) is 6.79. The average Bonchev–Trinajstić information content (AvgIpc) is 2.64. The van der Waals surface area contributed by atoms with Crippen LogP contribution in [-0.4, -0.2) is 47.9 Å². The molecule has 6 nitrogen and oxygen atoms in total. The summed E-state index contributed by atoms with van der Waals surface area (Å²) in [6, 6.07) is 7.27. The van der Waals surface area contributed by atoms with Gasteiger partial charge in [0.25, 0.3) is 5.91 Å². The van der Waals surface area contributed by atoms with Gasteiger partial charge in [0.2, 0.25) is 5.91 Å². The number of nitrogens with zero attached hydrogens (tertiary/aromatic N) is 3. The molecule has 1 N–H and O–H groups in total. The van der Waals surface area contributed by atoms with Crippen LogP contribution in [0.5, 0.6) is 0 Å². The van der Waals surface area contributed by atoms with E-state index in [2.05, 4.69) is 15.2 Å². The Bertz CT molecular complexity index is 853. The van der Waals surface area contributed by atoms with Gasteiger partial charge in [-0.25, -0.2) is 4.98 Å². The van der Waals surface area contributed by atoms with Crippen molar-refractivity contribution in [1.29, 1.82) is 0 Å². The number of hydrogen-bond acceptors (Lipinski definition) is 4. The lowest BCUT2D eigenvalue weighted by Gasteiger charge is -2.35. The lowest BCUT2D eigenvalue weighted by molar-refractivity contribution is -0.129. The van der Waals surface area contributed by atoms with E-state index < -0.39 is 0 Å². The minimum atomic E-state index is -0.227. The topological polar surface area (TPSA) is 65.5 Å². The first-order chi connectivity index (χ1) is 12.8. The Kier molecular flexibility index (Phi) is 5.65. The van der Waals surface area contributed by atoms with Crippen LogP contribution in [0.1, 0.15) is 28.4 Å². The van der Waals surface area contributed by atoms with Crippen LogP contribution in [0.3, 0.4) is 0 Å². The molecule has 2 amide bonds. The Labute approximate surface area is 164 Å². The van der Waals surface area contributed by atoms with Crippen LogP contribution in [0.4, 0.5) is 11.5 Å². The SMILES string of the molecule is CC(=O)N1CCN(c2cc(C(=O)Nc3c(C)cc(C)cc3Cl)ccn2)CC1. The van der Waals surface area contributed by atoms with E-state index in [-0.39, 0.29) is 11.8 Å². The quantitative estimate of drug-likeness (QED) is 0.879. The summed E-state index contributed by atoms with van der Waals surface area (Å²) >= 11 is 6.29. The maximum atomic E-state index is 12.7. The first-order valence-electron chi connectivity index (χ1n) is 8.90. The lowest BCUT2D eigenvalue weighted by atomic mass is 10.1. The smallest absolute Gasteiger partial charge is 0.255 e. The summed E-state index contributed by atoms with van der Waals surface area (Å²) in [5, 5.41) is 3.43. The van der Waals surface area contributed by atoms with E-state index in [4.69, 9.17) is 11.6 Å². The molecule has 0 saturated carbocycles. The van der Waals surface area contributed by atoms with Gasteiger partial charge in [-0.05, 0) is 43.2 Å². The summed E-state index contributed by atoms with van der Waals surface area (Å²) in [5.74, 6) is 0.591. The molecule has 2 aromatic rings. The number of aromatic nitrogens is 1. The molecule has 1 aromatic heterocycles. The first kappa shape index (κ1) is 19.2. The van der Waals surface area contributed by atoms with Crippen LogP contribution in [0, 0.1) is 13.8 Å². The third-order valence-electron chi connectivity index (χ3n) is 4.73. The minimum absolute atomic E-state index is 0.0843. The number of aryl methyl sites for hydroxylation is 2. The number of piperazine rings is 1. The molecule has 1 aliphatic heterocycles. The van der Waals surface area contributed by atoms with Crippen LogP contribution >= 0.6 is 11.6 Å². The summed E-state index contributed by atoms with van der Waals surface area (Å²) in [7, 11) is 0. The fourth-order valence-corrected chi connectivity index (χ4v) is 3.61. The number of amides is 2. The van der Waals surface area contributed by atoms with Gasteiger partial charge in [0.05, 0.1) is 10.7 Å². The normalized spacial score (nSPS) is 14.2. The zero-order valence-corrected chi connectivity index (χ0v) is 16.5. The number of carbonyl (C=O) groups is 2. The zero-order chi connectivity index (χ0) is 19.6. The van der Waals surface area contributed by atoms with Gasteiger partial charge in [-0.15, -0.1) is 0 Å². The first-order valence-corrected chi connectivity index (χ1v) is 9.27. The molecule has 0 unspecified atom stereocenters. The van der Waals surface area contributed by atoms with Crippen molar-refractivity contribution in [3.05, 3.63) is 52.2 Å².